The summed E-state index contributed by atoms with van der Waals surface area (Å²) in [5.74, 6) is 0.506. The van der Waals surface area contributed by atoms with E-state index in [2.05, 4.69) is 27.1 Å². The topological polar surface area (TPSA) is 43.8 Å². The van der Waals surface area contributed by atoms with Gasteiger partial charge in [0.15, 0.2) is 5.82 Å². The van der Waals surface area contributed by atoms with Gasteiger partial charge in [0.1, 0.15) is 0 Å². The predicted molar refractivity (Wildman–Crippen MR) is 60.4 cm³/mol. The number of hydrogen-bond acceptors (Lipinski definition) is 2. The lowest BCUT2D eigenvalue weighted by atomic mass is 10.2. The van der Waals surface area contributed by atoms with Gasteiger partial charge in [-0.25, -0.2) is 4.68 Å². The van der Waals surface area contributed by atoms with E-state index < -0.39 is 0 Å². The molecule has 0 radical (unpaired) electrons. The van der Waals surface area contributed by atoms with Crippen molar-refractivity contribution in [2.75, 3.05) is 5.73 Å². The molecule has 0 saturated heterocycles. The molecule has 2 aromatic rings. The predicted octanol–water partition coefficient (Wildman–Crippen LogP) is 2.53. The molecule has 2 rings (SSSR count). The van der Waals surface area contributed by atoms with Crippen molar-refractivity contribution in [2.45, 2.75) is 6.92 Å². The number of nitrogens with two attached hydrogens (primary N) is 1. The first-order valence-corrected chi connectivity index (χ1v) is 5.04. The van der Waals surface area contributed by atoms with E-state index in [0.29, 0.717) is 5.82 Å². The summed E-state index contributed by atoms with van der Waals surface area (Å²) in [6.07, 6.45) is 1.85. The van der Waals surface area contributed by atoms with Gasteiger partial charge in [-0.2, -0.15) is 0 Å². The summed E-state index contributed by atoms with van der Waals surface area (Å²) in [5, 5.41) is 4.17. The van der Waals surface area contributed by atoms with Crippen molar-refractivity contribution in [3.63, 3.8) is 0 Å². The molecule has 4 heteroatoms. The highest BCUT2D eigenvalue weighted by atomic mass is 79.9. The average Bonchev–Trinajstić information content (AvgIpc) is 2.47. The first-order chi connectivity index (χ1) is 6.66. The fourth-order valence-corrected chi connectivity index (χ4v) is 1.54. The Morgan fingerprint density at radius 1 is 1.43 bits per heavy atom. The second kappa shape index (κ2) is 3.46. The van der Waals surface area contributed by atoms with Gasteiger partial charge in [-0.1, -0.05) is 12.1 Å². The molecule has 1 aromatic heterocycles. The Balaban J connectivity index is 2.49. The number of nitrogens with zero attached hydrogens (tertiary/aromatic N) is 2. The van der Waals surface area contributed by atoms with E-state index in [1.54, 1.807) is 4.68 Å². The molecule has 0 amide bonds. The van der Waals surface area contributed by atoms with Crippen LogP contribution in [0.15, 0.2) is 34.9 Å². The number of benzene rings is 1. The van der Waals surface area contributed by atoms with Gasteiger partial charge in [-0.05, 0) is 40.5 Å². The quantitative estimate of drug-likeness (QED) is 0.847. The Morgan fingerprint density at radius 2 is 2.21 bits per heavy atom. The molecule has 72 valence electrons. The Bertz CT molecular complexity index is 443. The third-order valence-corrected chi connectivity index (χ3v) is 2.57. The second-order valence-electron chi connectivity index (χ2n) is 3.15. The zero-order valence-electron chi connectivity index (χ0n) is 7.74. The van der Waals surface area contributed by atoms with Crippen molar-refractivity contribution in [2.24, 2.45) is 0 Å². The molecule has 0 saturated carbocycles. The summed E-state index contributed by atoms with van der Waals surface area (Å²) < 4.78 is 2.57. The SMILES string of the molecule is Cc1cccc(-n2cc(Br)c(N)n2)c1. The summed E-state index contributed by atoms with van der Waals surface area (Å²) in [6, 6.07) is 8.09. The minimum absolute atomic E-state index is 0.506. The molecule has 14 heavy (non-hydrogen) atoms. The number of hydrogen-bond donors (Lipinski definition) is 1. The van der Waals surface area contributed by atoms with E-state index in [-0.39, 0.29) is 0 Å². The van der Waals surface area contributed by atoms with Crippen LogP contribution in [0.5, 0.6) is 0 Å². The Hall–Kier alpha value is -1.29. The van der Waals surface area contributed by atoms with Crippen molar-refractivity contribution in [3.05, 3.63) is 40.5 Å². The van der Waals surface area contributed by atoms with E-state index in [9.17, 15) is 0 Å². The number of nitrogen functional groups attached to an aromatic ring is 1. The summed E-state index contributed by atoms with van der Waals surface area (Å²) in [7, 11) is 0. The molecule has 0 aliphatic heterocycles. The monoisotopic (exact) mass is 251 g/mol. The number of anilines is 1. The Morgan fingerprint density at radius 3 is 2.79 bits per heavy atom. The second-order valence-corrected chi connectivity index (χ2v) is 4.00. The number of aromatic nitrogens is 2. The third kappa shape index (κ3) is 1.65. The lowest BCUT2D eigenvalue weighted by molar-refractivity contribution is 0.884. The largest absolute Gasteiger partial charge is 0.381 e. The molecule has 2 N–H and O–H groups in total. The van der Waals surface area contributed by atoms with Gasteiger partial charge in [0, 0.05) is 6.20 Å². The Labute approximate surface area is 90.7 Å². The van der Waals surface area contributed by atoms with Crippen molar-refractivity contribution in [1.29, 1.82) is 0 Å². The molecule has 0 aliphatic rings. The molecule has 1 aromatic carbocycles. The van der Waals surface area contributed by atoms with Crippen LogP contribution in [0.3, 0.4) is 0 Å². The fraction of sp³-hybridized carbons (Fsp3) is 0.100. The number of aryl methyl sites for hydroxylation is 1. The summed E-state index contributed by atoms with van der Waals surface area (Å²) >= 11 is 3.32. The zero-order chi connectivity index (χ0) is 10.1. The normalized spacial score (nSPS) is 10.4. The molecule has 0 bridgehead atoms. The molecule has 0 fully saturated rings. The third-order valence-electron chi connectivity index (χ3n) is 1.96. The van der Waals surface area contributed by atoms with Crippen LogP contribution in [0.25, 0.3) is 5.69 Å². The van der Waals surface area contributed by atoms with Crippen LogP contribution in [-0.4, -0.2) is 9.78 Å². The maximum Gasteiger partial charge on any atom is 0.160 e. The lowest BCUT2D eigenvalue weighted by Gasteiger charge is -2.01. The summed E-state index contributed by atoms with van der Waals surface area (Å²) in [5.41, 5.74) is 7.85. The minimum atomic E-state index is 0.506. The average molecular weight is 252 g/mol. The van der Waals surface area contributed by atoms with E-state index in [1.807, 2.05) is 31.3 Å². The number of halogens is 1. The van der Waals surface area contributed by atoms with E-state index >= 15 is 0 Å². The van der Waals surface area contributed by atoms with Crippen molar-refractivity contribution < 1.29 is 0 Å². The van der Waals surface area contributed by atoms with Crippen molar-refractivity contribution >= 4 is 21.7 Å². The van der Waals surface area contributed by atoms with Crippen LogP contribution in [-0.2, 0) is 0 Å². The van der Waals surface area contributed by atoms with Gasteiger partial charge in [0.25, 0.3) is 0 Å². The van der Waals surface area contributed by atoms with Crippen LogP contribution < -0.4 is 5.73 Å². The highest BCUT2D eigenvalue weighted by Gasteiger charge is 2.03. The van der Waals surface area contributed by atoms with Crippen LogP contribution in [0.2, 0.25) is 0 Å². The molecule has 0 spiro atoms. The molecule has 3 nitrogen and oxygen atoms in total. The highest BCUT2D eigenvalue weighted by molar-refractivity contribution is 9.10. The van der Waals surface area contributed by atoms with E-state index in [0.717, 1.165) is 10.2 Å². The molecule has 0 aliphatic carbocycles. The van der Waals surface area contributed by atoms with Gasteiger partial charge >= 0.3 is 0 Å². The fourth-order valence-electron chi connectivity index (χ4n) is 1.27. The first-order valence-electron chi connectivity index (χ1n) is 4.24. The molecule has 0 unspecified atom stereocenters. The van der Waals surface area contributed by atoms with Crippen molar-refractivity contribution in [3.8, 4) is 5.69 Å². The van der Waals surface area contributed by atoms with E-state index in [1.165, 1.54) is 5.56 Å². The lowest BCUT2D eigenvalue weighted by Crippen LogP contribution is -1.96. The molecular weight excluding hydrogens is 242 g/mol. The van der Waals surface area contributed by atoms with Crippen LogP contribution in [0.1, 0.15) is 5.56 Å². The molecular formula is C10H10BrN3. The maximum absolute atomic E-state index is 5.64. The summed E-state index contributed by atoms with van der Waals surface area (Å²) in [4.78, 5) is 0. The van der Waals surface area contributed by atoms with Gasteiger partial charge in [-0.3, -0.25) is 0 Å². The molecule has 0 atom stereocenters. The van der Waals surface area contributed by atoms with Gasteiger partial charge in [-0.15, -0.1) is 5.10 Å². The van der Waals surface area contributed by atoms with Gasteiger partial charge in [0.2, 0.25) is 0 Å². The number of rotatable bonds is 1. The first kappa shape index (κ1) is 9.27. The minimum Gasteiger partial charge on any atom is -0.381 e. The zero-order valence-corrected chi connectivity index (χ0v) is 9.32. The molecule has 1 heterocycles. The van der Waals surface area contributed by atoms with E-state index in [4.69, 9.17) is 5.73 Å². The van der Waals surface area contributed by atoms with Crippen molar-refractivity contribution in [1.82, 2.24) is 9.78 Å². The Kier molecular flexibility index (Phi) is 2.29. The smallest absolute Gasteiger partial charge is 0.160 e. The standard InChI is InChI=1S/C10H10BrN3/c1-7-3-2-4-8(5-7)14-6-9(11)10(12)13-14/h2-6H,1H3,(H2,12,13). The van der Waals surface area contributed by atoms with Gasteiger partial charge in [0.05, 0.1) is 10.2 Å². The van der Waals surface area contributed by atoms with Crippen LogP contribution in [0, 0.1) is 6.92 Å². The summed E-state index contributed by atoms with van der Waals surface area (Å²) in [6.45, 7) is 2.05. The van der Waals surface area contributed by atoms with Crippen LogP contribution >= 0.6 is 15.9 Å². The highest BCUT2D eigenvalue weighted by Crippen LogP contribution is 2.19. The van der Waals surface area contributed by atoms with Gasteiger partial charge < -0.3 is 5.73 Å². The van der Waals surface area contributed by atoms with Crippen LogP contribution in [0.4, 0.5) is 5.82 Å². The maximum atomic E-state index is 5.64.